The maximum Gasteiger partial charge on any atom is 0.244 e. The van der Waals surface area contributed by atoms with E-state index in [2.05, 4.69) is 4.72 Å². The molecule has 0 amide bonds. The quantitative estimate of drug-likeness (QED) is 0.843. The van der Waals surface area contributed by atoms with Gasteiger partial charge in [0.2, 0.25) is 10.0 Å². The highest BCUT2D eigenvalue weighted by Gasteiger charge is 2.24. The molecule has 1 aromatic carbocycles. The van der Waals surface area contributed by atoms with Crippen molar-refractivity contribution in [1.82, 2.24) is 4.72 Å². The van der Waals surface area contributed by atoms with Crippen LogP contribution in [-0.2, 0) is 10.0 Å². The van der Waals surface area contributed by atoms with Crippen molar-refractivity contribution in [2.75, 3.05) is 5.73 Å². The molecule has 0 bridgehead atoms. The zero-order chi connectivity index (χ0) is 14.9. The highest BCUT2D eigenvalue weighted by atomic mass is 35.5. The molecular weight excluding hydrogens is 323 g/mol. The van der Waals surface area contributed by atoms with Gasteiger partial charge >= 0.3 is 0 Å². The Morgan fingerprint density at radius 1 is 1.45 bits per heavy atom. The van der Waals surface area contributed by atoms with Gasteiger partial charge in [0.25, 0.3) is 0 Å². The van der Waals surface area contributed by atoms with Crippen molar-refractivity contribution >= 4 is 38.6 Å². The van der Waals surface area contributed by atoms with E-state index in [4.69, 9.17) is 17.3 Å². The van der Waals surface area contributed by atoms with Crippen molar-refractivity contribution in [1.29, 1.82) is 0 Å². The zero-order valence-electron chi connectivity index (χ0n) is 10.4. The van der Waals surface area contributed by atoms with E-state index in [1.165, 1.54) is 11.3 Å². The average Bonchev–Trinajstić information content (AvgIpc) is 2.86. The molecule has 1 atom stereocenters. The lowest BCUT2D eigenvalue weighted by molar-refractivity contribution is 0.547. The molecule has 0 aliphatic rings. The predicted molar refractivity (Wildman–Crippen MR) is 78.9 cm³/mol. The number of nitrogens with two attached hydrogens (primary N) is 1. The lowest BCUT2D eigenvalue weighted by Crippen LogP contribution is -2.27. The molecule has 108 valence electrons. The normalized spacial score (nSPS) is 13.3. The van der Waals surface area contributed by atoms with E-state index in [1.807, 2.05) is 10.8 Å². The van der Waals surface area contributed by atoms with E-state index in [1.54, 1.807) is 13.0 Å². The fraction of sp³-hybridized carbons (Fsp3) is 0.167. The molecular formula is C12H12ClFN2O2S2. The van der Waals surface area contributed by atoms with Crippen LogP contribution >= 0.6 is 22.9 Å². The maximum atomic E-state index is 13.9. The summed E-state index contributed by atoms with van der Waals surface area (Å²) in [7, 11) is -4.05. The third-order valence-corrected chi connectivity index (χ3v) is 5.20. The van der Waals surface area contributed by atoms with Crippen molar-refractivity contribution in [3.05, 3.63) is 45.4 Å². The summed E-state index contributed by atoms with van der Waals surface area (Å²) in [5.74, 6) is -1.01. The van der Waals surface area contributed by atoms with E-state index in [0.717, 1.165) is 17.7 Å². The summed E-state index contributed by atoms with van der Waals surface area (Å²) in [4.78, 5) is -0.551. The van der Waals surface area contributed by atoms with Gasteiger partial charge in [-0.3, -0.25) is 0 Å². The lowest BCUT2D eigenvalue weighted by atomic mass is 10.2. The Bertz CT molecular complexity index is 717. The van der Waals surface area contributed by atoms with Gasteiger partial charge in [0, 0.05) is 11.7 Å². The number of nitrogen functional groups attached to an aromatic ring is 1. The molecule has 1 heterocycles. The molecule has 1 unspecified atom stereocenters. The molecule has 8 heteroatoms. The summed E-state index contributed by atoms with van der Waals surface area (Å²) < 4.78 is 40.7. The monoisotopic (exact) mass is 334 g/mol. The van der Waals surface area contributed by atoms with Gasteiger partial charge in [-0.05, 0) is 41.4 Å². The second-order valence-corrected chi connectivity index (χ2v) is 7.08. The summed E-state index contributed by atoms with van der Waals surface area (Å²) in [6.07, 6.45) is 0. The van der Waals surface area contributed by atoms with Crippen molar-refractivity contribution in [2.45, 2.75) is 17.9 Å². The number of sulfonamides is 1. The summed E-state index contributed by atoms with van der Waals surface area (Å²) in [6.45, 7) is 1.67. The fourth-order valence-corrected chi connectivity index (χ4v) is 4.07. The van der Waals surface area contributed by atoms with Crippen molar-refractivity contribution in [3.8, 4) is 0 Å². The number of rotatable bonds is 4. The van der Waals surface area contributed by atoms with Gasteiger partial charge in [0.05, 0.1) is 5.02 Å². The van der Waals surface area contributed by atoms with Crippen LogP contribution in [0.25, 0.3) is 0 Å². The molecule has 4 nitrogen and oxygen atoms in total. The van der Waals surface area contributed by atoms with E-state index >= 15 is 0 Å². The van der Waals surface area contributed by atoms with Crippen molar-refractivity contribution in [2.24, 2.45) is 0 Å². The minimum Gasteiger partial charge on any atom is -0.399 e. The Labute approximate surface area is 125 Å². The molecule has 3 N–H and O–H groups in total. The molecule has 0 saturated carbocycles. The van der Waals surface area contributed by atoms with Crippen LogP contribution in [0.3, 0.4) is 0 Å². The number of nitrogens with one attached hydrogen (secondary N) is 1. The Kier molecular flexibility index (Phi) is 4.33. The predicted octanol–water partition coefficient (Wildman–Crippen LogP) is 3.16. The highest BCUT2D eigenvalue weighted by Crippen LogP contribution is 2.27. The third kappa shape index (κ3) is 3.12. The van der Waals surface area contributed by atoms with Gasteiger partial charge in [0.1, 0.15) is 4.90 Å². The van der Waals surface area contributed by atoms with Crippen LogP contribution in [0.5, 0.6) is 0 Å². The molecule has 2 rings (SSSR count). The Balaban J connectivity index is 2.36. The minimum atomic E-state index is -4.05. The third-order valence-electron chi connectivity index (χ3n) is 2.68. The van der Waals surface area contributed by atoms with Crippen molar-refractivity contribution in [3.63, 3.8) is 0 Å². The number of benzene rings is 1. The SMILES string of the molecule is CC(NS(=O)(=O)c1cc(N)cc(Cl)c1F)c1ccsc1. The van der Waals surface area contributed by atoms with Gasteiger partial charge in [-0.2, -0.15) is 11.3 Å². The first-order valence-electron chi connectivity index (χ1n) is 5.60. The number of anilines is 1. The minimum absolute atomic E-state index is 0.0833. The summed E-state index contributed by atoms with van der Waals surface area (Å²) in [6, 6.07) is 3.52. The molecule has 0 saturated heterocycles. The second kappa shape index (κ2) is 5.69. The first kappa shape index (κ1) is 15.2. The van der Waals surface area contributed by atoms with Crippen LogP contribution in [0.1, 0.15) is 18.5 Å². The van der Waals surface area contributed by atoms with Gasteiger partial charge in [0.15, 0.2) is 5.82 Å². The zero-order valence-corrected chi connectivity index (χ0v) is 12.8. The van der Waals surface area contributed by atoms with Crippen LogP contribution in [-0.4, -0.2) is 8.42 Å². The number of thiophene rings is 1. The van der Waals surface area contributed by atoms with Gasteiger partial charge in [-0.15, -0.1) is 0 Å². The van der Waals surface area contributed by atoms with Gasteiger partial charge in [-0.25, -0.2) is 17.5 Å². The van der Waals surface area contributed by atoms with Crippen LogP contribution < -0.4 is 10.5 Å². The molecule has 0 spiro atoms. The molecule has 2 aromatic rings. The standard InChI is InChI=1S/C12H12ClFN2O2S2/c1-7(8-2-3-19-6-8)16-20(17,18)11-5-9(15)4-10(13)12(11)14/h2-7,16H,15H2,1H3. The molecule has 0 fully saturated rings. The van der Waals surface area contributed by atoms with Gasteiger partial charge < -0.3 is 5.73 Å². The first-order valence-corrected chi connectivity index (χ1v) is 8.40. The number of hydrogen-bond acceptors (Lipinski definition) is 4. The summed E-state index contributed by atoms with van der Waals surface area (Å²) >= 11 is 7.06. The fourth-order valence-electron chi connectivity index (χ4n) is 1.66. The average molecular weight is 335 g/mol. The highest BCUT2D eigenvalue weighted by molar-refractivity contribution is 7.89. The van der Waals surface area contributed by atoms with Crippen LogP contribution in [0.15, 0.2) is 33.9 Å². The maximum absolute atomic E-state index is 13.9. The summed E-state index contributed by atoms with van der Waals surface area (Å²) in [5.41, 5.74) is 6.39. The Hall–Kier alpha value is -1.15. The molecule has 0 aliphatic carbocycles. The molecule has 1 aromatic heterocycles. The second-order valence-electron chi connectivity index (χ2n) is 4.21. The van der Waals surface area contributed by atoms with E-state index in [-0.39, 0.29) is 10.7 Å². The van der Waals surface area contributed by atoms with Crippen LogP contribution in [0.2, 0.25) is 5.02 Å². The van der Waals surface area contributed by atoms with Crippen LogP contribution in [0, 0.1) is 5.82 Å². The van der Waals surface area contributed by atoms with E-state index in [0.29, 0.717) is 0 Å². The van der Waals surface area contributed by atoms with E-state index < -0.39 is 26.8 Å². The molecule has 0 radical (unpaired) electrons. The first-order chi connectivity index (χ1) is 9.31. The van der Waals surface area contributed by atoms with Crippen molar-refractivity contribution < 1.29 is 12.8 Å². The number of hydrogen-bond donors (Lipinski definition) is 2. The smallest absolute Gasteiger partial charge is 0.244 e. The number of halogens is 2. The van der Waals surface area contributed by atoms with Crippen LogP contribution in [0.4, 0.5) is 10.1 Å². The topological polar surface area (TPSA) is 72.2 Å². The molecule has 0 aliphatic heterocycles. The van der Waals surface area contributed by atoms with E-state index in [9.17, 15) is 12.8 Å². The Morgan fingerprint density at radius 2 is 2.15 bits per heavy atom. The molecule has 20 heavy (non-hydrogen) atoms. The summed E-state index contributed by atoms with van der Waals surface area (Å²) in [5, 5.41) is 3.32. The van der Waals surface area contributed by atoms with Gasteiger partial charge in [-0.1, -0.05) is 11.6 Å². The Morgan fingerprint density at radius 3 is 2.75 bits per heavy atom. The lowest BCUT2D eigenvalue weighted by Gasteiger charge is -2.14. The largest absolute Gasteiger partial charge is 0.399 e.